The summed E-state index contributed by atoms with van der Waals surface area (Å²) in [6, 6.07) is -0.646. The van der Waals surface area contributed by atoms with Crippen LogP contribution >= 0.6 is 11.8 Å². The van der Waals surface area contributed by atoms with Crippen molar-refractivity contribution in [2.75, 3.05) is 5.75 Å². The second-order valence-corrected chi connectivity index (χ2v) is 4.46. The third-order valence-electron chi connectivity index (χ3n) is 2.46. The number of fused-ring (bicyclic) bond motifs is 1. The monoisotopic (exact) mass is 243 g/mol. The highest BCUT2D eigenvalue weighted by Gasteiger charge is 2.51. The number of carbonyl (C=O) groups excluding carboxylic acids is 1. The van der Waals surface area contributed by atoms with Crippen LogP contribution in [-0.2, 0) is 9.59 Å². The molecule has 86 valence electrons. The molecule has 8 heteroatoms. The maximum absolute atomic E-state index is 11.4. The molecule has 2 rings (SSSR count). The van der Waals surface area contributed by atoms with Gasteiger partial charge in [-0.05, 0) is 0 Å². The van der Waals surface area contributed by atoms with Crippen molar-refractivity contribution in [3.8, 4) is 0 Å². The molecule has 0 radical (unpaired) electrons. The maximum atomic E-state index is 11.4. The molecule has 1 unspecified atom stereocenters. The van der Waals surface area contributed by atoms with Gasteiger partial charge in [0.15, 0.2) is 0 Å². The summed E-state index contributed by atoms with van der Waals surface area (Å²) in [7, 11) is 0. The third-order valence-corrected chi connectivity index (χ3v) is 3.78. The molecule has 1 fully saturated rings. The number of rotatable bonds is 2. The minimum Gasteiger partial charge on any atom is -0.477 e. The smallest absolute Gasteiger partial charge is 0.353 e. The largest absolute Gasteiger partial charge is 0.477 e. The Morgan fingerprint density at radius 1 is 1.69 bits per heavy atom. The number of amides is 1. The fourth-order valence-electron chi connectivity index (χ4n) is 1.71. The van der Waals surface area contributed by atoms with Crippen molar-refractivity contribution >= 4 is 29.9 Å². The van der Waals surface area contributed by atoms with Crippen LogP contribution in [0.5, 0.6) is 0 Å². The van der Waals surface area contributed by atoms with Crippen LogP contribution in [0.15, 0.2) is 16.4 Å². The van der Waals surface area contributed by atoms with Crippen molar-refractivity contribution in [2.45, 2.75) is 11.4 Å². The molecule has 4 N–H and O–H groups in total. The summed E-state index contributed by atoms with van der Waals surface area (Å²) in [4.78, 5) is 23.6. The molecule has 2 aliphatic rings. The molecule has 0 aromatic carbocycles. The minimum atomic E-state index is -1.22. The predicted molar refractivity (Wildman–Crippen MR) is 56.0 cm³/mol. The zero-order chi connectivity index (χ0) is 11.9. The number of nitrogens with two attached hydrogens (primary N) is 1. The molecular formula is C8H9N3O4S. The Labute approximate surface area is 94.6 Å². The summed E-state index contributed by atoms with van der Waals surface area (Å²) in [6.07, 6.45) is 1.03. The molecule has 16 heavy (non-hydrogen) atoms. The van der Waals surface area contributed by atoms with Gasteiger partial charge in [-0.3, -0.25) is 9.69 Å². The number of hydrogen-bond acceptors (Lipinski definition) is 6. The van der Waals surface area contributed by atoms with Crippen molar-refractivity contribution in [2.24, 2.45) is 10.9 Å². The minimum absolute atomic E-state index is 0.145. The number of β-lactam (4-membered cyclic amide) rings is 1. The van der Waals surface area contributed by atoms with Gasteiger partial charge in [0.05, 0.1) is 6.21 Å². The first kappa shape index (κ1) is 11.0. The Morgan fingerprint density at radius 2 is 2.38 bits per heavy atom. The van der Waals surface area contributed by atoms with Gasteiger partial charge in [-0.25, -0.2) is 4.79 Å². The Morgan fingerprint density at radius 3 is 2.94 bits per heavy atom. The number of carboxylic acid groups (broad SMARTS) is 1. The van der Waals surface area contributed by atoms with Crippen LogP contribution in [0.2, 0.25) is 0 Å². The number of thioether (sulfide) groups is 1. The quantitative estimate of drug-likeness (QED) is 0.248. The van der Waals surface area contributed by atoms with Gasteiger partial charge in [-0.1, -0.05) is 5.16 Å². The summed E-state index contributed by atoms with van der Waals surface area (Å²) in [5, 5.41) is 19.9. The van der Waals surface area contributed by atoms with Crippen molar-refractivity contribution in [1.29, 1.82) is 0 Å². The zero-order valence-electron chi connectivity index (χ0n) is 8.03. The summed E-state index contributed by atoms with van der Waals surface area (Å²) in [5.74, 6) is -1.28. The van der Waals surface area contributed by atoms with Gasteiger partial charge >= 0.3 is 5.97 Å². The van der Waals surface area contributed by atoms with Crippen molar-refractivity contribution < 1.29 is 19.9 Å². The average molecular weight is 243 g/mol. The van der Waals surface area contributed by atoms with Gasteiger partial charge in [0.25, 0.3) is 0 Å². The molecule has 0 bridgehead atoms. The lowest BCUT2D eigenvalue weighted by atomic mass is 10.0. The lowest BCUT2D eigenvalue weighted by molar-refractivity contribution is -0.147. The van der Waals surface area contributed by atoms with Crippen molar-refractivity contribution in [3.05, 3.63) is 11.3 Å². The van der Waals surface area contributed by atoms with E-state index in [1.165, 1.54) is 11.8 Å². The summed E-state index contributed by atoms with van der Waals surface area (Å²) < 4.78 is 0. The van der Waals surface area contributed by atoms with E-state index in [9.17, 15) is 9.59 Å². The second kappa shape index (κ2) is 3.80. The van der Waals surface area contributed by atoms with Gasteiger partial charge in [-0.15, -0.1) is 11.8 Å². The number of oxime groups is 1. The Kier molecular flexibility index (Phi) is 2.60. The third kappa shape index (κ3) is 1.38. The van der Waals surface area contributed by atoms with Gasteiger partial charge in [0, 0.05) is 11.3 Å². The lowest BCUT2D eigenvalue weighted by Gasteiger charge is -2.47. The van der Waals surface area contributed by atoms with Crippen LogP contribution in [0.4, 0.5) is 0 Å². The zero-order valence-corrected chi connectivity index (χ0v) is 8.85. The van der Waals surface area contributed by atoms with Gasteiger partial charge in [-0.2, -0.15) is 0 Å². The van der Waals surface area contributed by atoms with E-state index in [-0.39, 0.29) is 11.1 Å². The molecule has 0 aliphatic carbocycles. The molecule has 0 aromatic heterocycles. The van der Waals surface area contributed by atoms with E-state index < -0.39 is 17.9 Å². The molecule has 1 saturated heterocycles. The average Bonchev–Trinajstić information content (AvgIpc) is 2.27. The highest BCUT2D eigenvalue weighted by Crippen LogP contribution is 2.38. The summed E-state index contributed by atoms with van der Waals surface area (Å²) >= 11 is 1.35. The van der Waals surface area contributed by atoms with E-state index >= 15 is 0 Å². The lowest BCUT2D eigenvalue weighted by Crippen LogP contribution is -2.68. The van der Waals surface area contributed by atoms with Gasteiger partial charge in [0.1, 0.15) is 17.1 Å². The topological polar surface area (TPSA) is 116 Å². The van der Waals surface area contributed by atoms with Crippen molar-refractivity contribution in [3.63, 3.8) is 0 Å². The Bertz CT molecular complexity index is 420. The second-order valence-electron chi connectivity index (χ2n) is 3.36. The van der Waals surface area contributed by atoms with E-state index in [0.717, 1.165) is 11.1 Å². The molecule has 2 atom stereocenters. The predicted octanol–water partition coefficient (Wildman–Crippen LogP) is -0.972. The fourth-order valence-corrected chi connectivity index (χ4v) is 2.95. The van der Waals surface area contributed by atoms with E-state index in [1.807, 2.05) is 0 Å². The number of aliphatic carboxylic acids is 1. The van der Waals surface area contributed by atoms with Crippen LogP contribution in [0, 0.1) is 0 Å². The first-order chi connectivity index (χ1) is 7.57. The van der Waals surface area contributed by atoms with Gasteiger partial charge in [0.2, 0.25) is 5.91 Å². The number of nitrogens with zero attached hydrogens (tertiary/aromatic N) is 2. The molecule has 2 heterocycles. The van der Waals surface area contributed by atoms with Crippen LogP contribution in [-0.4, -0.2) is 50.5 Å². The molecule has 1 amide bonds. The molecule has 7 nitrogen and oxygen atoms in total. The van der Waals surface area contributed by atoms with E-state index in [2.05, 4.69) is 5.16 Å². The van der Waals surface area contributed by atoms with Crippen LogP contribution in [0.1, 0.15) is 0 Å². The molecule has 0 saturated carbocycles. The summed E-state index contributed by atoms with van der Waals surface area (Å²) in [5.41, 5.74) is 5.70. The normalized spacial score (nSPS) is 29.3. The fraction of sp³-hybridized carbons (Fsp3) is 0.375. The highest BCUT2D eigenvalue weighted by molar-refractivity contribution is 8.00. The maximum Gasteiger partial charge on any atom is 0.353 e. The van der Waals surface area contributed by atoms with Crippen LogP contribution < -0.4 is 5.73 Å². The molecule has 0 spiro atoms. The van der Waals surface area contributed by atoms with Crippen molar-refractivity contribution in [1.82, 2.24) is 4.90 Å². The number of carboxylic acids is 1. The highest BCUT2D eigenvalue weighted by atomic mass is 32.2. The van der Waals surface area contributed by atoms with Crippen LogP contribution in [0.25, 0.3) is 0 Å². The van der Waals surface area contributed by atoms with E-state index in [1.54, 1.807) is 0 Å². The van der Waals surface area contributed by atoms with E-state index in [0.29, 0.717) is 11.3 Å². The Hall–Kier alpha value is -1.54. The van der Waals surface area contributed by atoms with Crippen LogP contribution in [0.3, 0.4) is 0 Å². The molecular weight excluding hydrogens is 234 g/mol. The standard InChI is InChI=1S/C8H9N3O4S/c9-4-6(12)11-5(8(13)14)3(1-10-15)2-16-7(4)11/h1,4,7,15H,2,9H2,(H,13,14)/b10-1-/t4?,7-/m1/s1. The first-order valence-corrected chi connectivity index (χ1v) is 5.47. The summed E-state index contributed by atoms with van der Waals surface area (Å²) in [6.45, 7) is 0. The first-order valence-electron chi connectivity index (χ1n) is 4.42. The SMILES string of the molecule is NC1C(=O)N2C(C(=O)O)=C(/C=N\O)CS[C@H]12. The Balaban J connectivity index is 2.41. The van der Waals surface area contributed by atoms with Gasteiger partial charge < -0.3 is 16.0 Å². The molecule has 0 aromatic rings. The van der Waals surface area contributed by atoms with E-state index in [4.69, 9.17) is 16.0 Å². The number of carbonyl (C=O) groups is 2. The molecule has 2 aliphatic heterocycles. The number of hydrogen-bond donors (Lipinski definition) is 3.